The van der Waals surface area contributed by atoms with Gasteiger partial charge in [0.05, 0.1) is 11.8 Å². The molecule has 0 fully saturated rings. The topological polar surface area (TPSA) is 81.3 Å². The molecule has 0 aliphatic heterocycles. The van der Waals surface area contributed by atoms with Gasteiger partial charge in [-0.05, 0) is 18.4 Å². The van der Waals surface area contributed by atoms with Crippen LogP contribution in [0.3, 0.4) is 0 Å². The molecule has 0 radical (unpaired) electrons. The van der Waals surface area contributed by atoms with E-state index in [4.69, 9.17) is 9.26 Å². The van der Waals surface area contributed by atoms with Gasteiger partial charge < -0.3 is 14.4 Å². The van der Waals surface area contributed by atoms with Gasteiger partial charge in [-0.15, -0.1) is 0 Å². The number of pyridine rings is 1. The Morgan fingerprint density at radius 1 is 1.40 bits per heavy atom. The summed E-state index contributed by atoms with van der Waals surface area (Å²) >= 11 is 0. The van der Waals surface area contributed by atoms with Gasteiger partial charge in [0.2, 0.25) is 5.82 Å². The van der Waals surface area contributed by atoms with Crippen molar-refractivity contribution in [2.45, 2.75) is 33.8 Å². The highest BCUT2D eigenvalue weighted by Crippen LogP contribution is 2.36. The fourth-order valence-electron chi connectivity index (χ4n) is 1.90. The van der Waals surface area contributed by atoms with Crippen molar-refractivity contribution in [1.29, 1.82) is 0 Å². The average molecular weight is 277 g/mol. The molecule has 2 aromatic heterocycles. The van der Waals surface area contributed by atoms with Crippen LogP contribution in [0.25, 0.3) is 11.5 Å². The number of rotatable bonds is 4. The number of nitrogens with zero attached hydrogens (tertiary/aromatic N) is 3. The number of hydrogen-bond acceptors (Lipinski definition) is 6. The normalized spacial score (nSPS) is 13.4. The first-order valence-electron chi connectivity index (χ1n) is 6.52. The SMILES string of the molecule is CCOC(c1noc(-c2ccncc2O)n1)C(C)(C)C. The van der Waals surface area contributed by atoms with Crippen LogP contribution in [-0.4, -0.2) is 26.8 Å². The van der Waals surface area contributed by atoms with Crippen LogP contribution in [0.15, 0.2) is 23.0 Å². The molecule has 2 heterocycles. The van der Waals surface area contributed by atoms with Crippen LogP contribution in [0.5, 0.6) is 5.75 Å². The van der Waals surface area contributed by atoms with E-state index < -0.39 is 0 Å². The quantitative estimate of drug-likeness (QED) is 0.925. The minimum absolute atomic E-state index is 0.00594. The van der Waals surface area contributed by atoms with Crippen LogP contribution in [0.1, 0.15) is 39.6 Å². The zero-order chi connectivity index (χ0) is 14.8. The van der Waals surface area contributed by atoms with E-state index in [0.717, 1.165) is 0 Å². The monoisotopic (exact) mass is 277 g/mol. The van der Waals surface area contributed by atoms with Crippen molar-refractivity contribution in [2.75, 3.05) is 6.61 Å². The van der Waals surface area contributed by atoms with E-state index >= 15 is 0 Å². The predicted octanol–water partition coefficient (Wildman–Crippen LogP) is 2.96. The third-order valence-corrected chi connectivity index (χ3v) is 2.83. The van der Waals surface area contributed by atoms with Crippen molar-refractivity contribution < 1.29 is 14.4 Å². The highest BCUT2D eigenvalue weighted by molar-refractivity contribution is 5.60. The Labute approximate surface area is 117 Å². The molecule has 0 amide bonds. The fraction of sp³-hybridized carbons (Fsp3) is 0.500. The van der Waals surface area contributed by atoms with E-state index in [9.17, 15) is 5.11 Å². The Hall–Kier alpha value is -1.95. The Bertz CT molecular complexity index is 575. The van der Waals surface area contributed by atoms with E-state index in [1.54, 1.807) is 12.3 Å². The van der Waals surface area contributed by atoms with Crippen molar-refractivity contribution in [3.05, 3.63) is 24.3 Å². The molecule has 0 spiro atoms. The molecule has 6 heteroatoms. The maximum atomic E-state index is 9.75. The van der Waals surface area contributed by atoms with Gasteiger partial charge in [-0.25, -0.2) is 0 Å². The second-order valence-corrected chi connectivity index (χ2v) is 5.55. The Morgan fingerprint density at radius 2 is 2.15 bits per heavy atom. The van der Waals surface area contributed by atoms with Crippen LogP contribution < -0.4 is 0 Å². The summed E-state index contributed by atoms with van der Waals surface area (Å²) in [5.74, 6) is 0.742. The summed E-state index contributed by atoms with van der Waals surface area (Å²) in [6.07, 6.45) is 2.63. The van der Waals surface area contributed by atoms with Crippen LogP contribution in [0.2, 0.25) is 0 Å². The lowest BCUT2D eigenvalue weighted by Crippen LogP contribution is -2.22. The second kappa shape index (κ2) is 5.58. The summed E-state index contributed by atoms with van der Waals surface area (Å²) in [6.45, 7) is 8.63. The van der Waals surface area contributed by atoms with Gasteiger partial charge in [-0.3, -0.25) is 4.98 Å². The van der Waals surface area contributed by atoms with Gasteiger partial charge in [0.15, 0.2) is 0 Å². The number of aromatic hydroxyl groups is 1. The minimum Gasteiger partial charge on any atom is -0.505 e. The van der Waals surface area contributed by atoms with Crippen molar-refractivity contribution >= 4 is 0 Å². The predicted molar refractivity (Wildman–Crippen MR) is 73.0 cm³/mol. The summed E-state index contributed by atoms with van der Waals surface area (Å²) in [7, 11) is 0. The number of aromatic nitrogens is 3. The molecule has 20 heavy (non-hydrogen) atoms. The Kier molecular flexibility index (Phi) is 4.04. The summed E-state index contributed by atoms with van der Waals surface area (Å²) in [4.78, 5) is 8.15. The van der Waals surface area contributed by atoms with E-state index in [1.165, 1.54) is 6.20 Å². The van der Waals surface area contributed by atoms with Gasteiger partial charge in [0.25, 0.3) is 5.89 Å². The molecule has 2 aromatic rings. The number of ether oxygens (including phenoxy) is 1. The summed E-state index contributed by atoms with van der Waals surface area (Å²) in [5.41, 5.74) is 0.306. The van der Waals surface area contributed by atoms with Gasteiger partial charge in [0.1, 0.15) is 11.9 Å². The molecule has 0 aliphatic rings. The Morgan fingerprint density at radius 3 is 2.75 bits per heavy atom. The molecule has 0 aromatic carbocycles. The van der Waals surface area contributed by atoms with Crippen molar-refractivity contribution in [3.63, 3.8) is 0 Å². The van der Waals surface area contributed by atoms with Crippen molar-refractivity contribution in [2.24, 2.45) is 5.41 Å². The molecule has 1 atom stereocenters. The summed E-state index contributed by atoms with van der Waals surface area (Å²) in [6, 6.07) is 1.62. The largest absolute Gasteiger partial charge is 0.505 e. The van der Waals surface area contributed by atoms with Crippen molar-refractivity contribution in [1.82, 2.24) is 15.1 Å². The average Bonchev–Trinajstić information content (AvgIpc) is 2.84. The van der Waals surface area contributed by atoms with Crippen LogP contribution in [-0.2, 0) is 4.74 Å². The Balaban J connectivity index is 2.35. The standard InChI is InChI=1S/C14H19N3O3/c1-5-19-11(14(2,3)4)12-16-13(20-17-12)9-6-7-15-8-10(9)18/h6-8,11,18H,5H2,1-4H3. The van der Waals surface area contributed by atoms with E-state index in [-0.39, 0.29) is 23.2 Å². The number of hydrogen-bond donors (Lipinski definition) is 1. The fourth-order valence-corrected chi connectivity index (χ4v) is 1.90. The smallest absolute Gasteiger partial charge is 0.261 e. The molecule has 1 unspecified atom stereocenters. The first kappa shape index (κ1) is 14.5. The molecule has 0 saturated carbocycles. The molecule has 2 rings (SSSR count). The molecular formula is C14H19N3O3. The van der Waals surface area contributed by atoms with Crippen molar-refractivity contribution in [3.8, 4) is 17.2 Å². The van der Waals surface area contributed by atoms with Gasteiger partial charge in [0, 0.05) is 12.8 Å². The summed E-state index contributed by atoms with van der Waals surface area (Å²) in [5, 5.41) is 13.7. The first-order valence-corrected chi connectivity index (χ1v) is 6.52. The van der Waals surface area contributed by atoms with Gasteiger partial charge >= 0.3 is 0 Å². The molecule has 108 valence electrons. The molecule has 6 nitrogen and oxygen atoms in total. The molecule has 0 bridgehead atoms. The van der Waals surface area contributed by atoms with E-state index in [0.29, 0.717) is 18.0 Å². The van der Waals surface area contributed by atoms with Gasteiger partial charge in [-0.2, -0.15) is 4.98 Å². The third-order valence-electron chi connectivity index (χ3n) is 2.83. The zero-order valence-electron chi connectivity index (χ0n) is 12.1. The maximum Gasteiger partial charge on any atom is 0.261 e. The lowest BCUT2D eigenvalue weighted by Gasteiger charge is -2.27. The molecular weight excluding hydrogens is 258 g/mol. The lowest BCUT2D eigenvalue weighted by molar-refractivity contribution is -0.0203. The highest BCUT2D eigenvalue weighted by Gasteiger charge is 2.31. The molecule has 1 N–H and O–H groups in total. The van der Waals surface area contributed by atoms with Crippen LogP contribution >= 0.6 is 0 Å². The first-order chi connectivity index (χ1) is 9.43. The third kappa shape index (κ3) is 2.96. The lowest BCUT2D eigenvalue weighted by atomic mass is 9.88. The van der Waals surface area contributed by atoms with Crippen LogP contribution in [0.4, 0.5) is 0 Å². The van der Waals surface area contributed by atoms with Crippen LogP contribution in [0, 0.1) is 5.41 Å². The van der Waals surface area contributed by atoms with E-state index in [2.05, 4.69) is 15.1 Å². The van der Waals surface area contributed by atoms with Gasteiger partial charge in [-0.1, -0.05) is 25.9 Å². The highest BCUT2D eigenvalue weighted by atomic mass is 16.5. The minimum atomic E-state index is -0.269. The maximum absolute atomic E-state index is 9.75. The second-order valence-electron chi connectivity index (χ2n) is 5.55. The van der Waals surface area contributed by atoms with E-state index in [1.807, 2.05) is 27.7 Å². The molecule has 0 aliphatic carbocycles. The molecule has 0 saturated heterocycles. The summed E-state index contributed by atoms with van der Waals surface area (Å²) < 4.78 is 10.9. The zero-order valence-corrected chi connectivity index (χ0v) is 12.1.